The van der Waals surface area contributed by atoms with Crippen LogP contribution >= 0.6 is 6.04 Å². The molecule has 0 spiro atoms. The molecule has 1 atom stereocenters. The van der Waals surface area contributed by atoms with E-state index in [1.54, 1.807) is 12.2 Å². The minimum absolute atomic E-state index is 0.727. The van der Waals surface area contributed by atoms with Gasteiger partial charge in [-0.15, -0.1) is 0 Å². The molecule has 0 fully saturated rings. The van der Waals surface area contributed by atoms with Crippen molar-refractivity contribution in [3.05, 3.63) is 173 Å². The smallest absolute Gasteiger partial charge is 0.147 e. The van der Waals surface area contributed by atoms with Gasteiger partial charge in [-0.25, -0.2) is 0 Å². The first-order valence-corrected chi connectivity index (χ1v) is 25.8. The fourth-order valence-electron chi connectivity index (χ4n) is 5.50. The molecule has 342 valence electrons. The predicted molar refractivity (Wildman–Crippen MR) is 292 cm³/mol. The second-order valence-corrected chi connectivity index (χ2v) is 15.7. The lowest BCUT2D eigenvalue weighted by Gasteiger charge is -2.40. The van der Waals surface area contributed by atoms with Crippen molar-refractivity contribution in [2.75, 3.05) is 0 Å². The van der Waals surface area contributed by atoms with E-state index in [1.165, 1.54) is 0 Å². The third-order valence-corrected chi connectivity index (χ3v) is 13.2. The predicted octanol–water partition coefficient (Wildman–Crippen LogP) is 20.1. The maximum atomic E-state index is 7.09. The minimum Gasteiger partial charge on any atom is -0.460 e. The summed E-state index contributed by atoms with van der Waals surface area (Å²) in [6.45, 7) is 60.8. The van der Waals surface area contributed by atoms with Crippen LogP contribution in [0.1, 0.15) is 170 Å². The average Bonchev–Trinajstić information content (AvgIpc) is 3.31. The summed E-state index contributed by atoms with van der Waals surface area (Å²) in [6.07, 6.45) is 29.2. The molecule has 1 aromatic carbocycles. The third kappa shape index (κ3) is 18.8. The van der Waals surface area contributed by atoms with Gasteiger partial charge < -0.3 is 9.47 Å². The zero-order chi connectivity index (χ0) is 48.9. The van der Waals surface area contributed by atoms with Gasteiger partial charge in [0.15, 0.2) is 0 Å². The number of hydrogen-bond acceptors (Lipinski definition) is 3. The van der Waals surface area contributed by atoms with Crippen molar-refractivity contribution in [3.63, 3.8) is 0 Å². The Morgan fingerprint density at radius 1 is 0.639 bits per heavy atom. The standard InChI is InChI=1S/C43H49O2PS.7C2H6/c1-13-19-21-25-30(8)32(10)27-40-34(12)45-42-38(36(22-15-3)23-16-4)28-37(35(17-5)18-6)41-43(42)46(40,47)39(33(11)44-41)26-31(9)29(7)24-20-14-2;7*1-2/h14-28H,2-3,5,7,13H2,1,4,6,8-12H3;7*1-2H3/b21-19-,23-16-,24-20-,30-25+,31-26+,32-27+,35-18+,36-22+;;;;;;;. The summed E-state index contributed by atoms with van der Waals surface area (Å²) in [5.74, 6) is 3.01. The number of rotatable bonds is 13. The molecule has 3 rings (SSSR count). The third-order valence-electron chi connectivity index (χ3n) is 8.22. The van der Waals surface area contributed by atoms with E-state index in [0.717, 1.165) is 89.9 Å². The Bertz CT molecular complexity index is 1860. The Morgan fingerprint density at radius 2 is 1.10 bits per heavy atom. The molecule has 2 nitrogen and oxygen atoms in total. The van der Waals surface area contributed by atoms with E-state index >= 15 is 0 Å². The first-order chi connectivity index (χ1) is 29.4. The summed E-state index contributed by atoms with van der Waals surface area (Å²) < 4.78 is 13.7. The molecule has 0 radical (unpaired) electrons. The molecule has 2 aliphatic rings. The highest BCUT2D eigenvalue weighted by molar-refractivity contribution is 8.22. The van der Waals surface area contributed by atoms with E-state index in [4.69, 9.17) is 21.3 Å². The van der Waals surface area contributed by atoms with Crippen molar-refractivity contribution < 1.29 is 9.47 Å². The normalized spacial score (nSPS) is 15.6. The summed E-state index contributed by atoms with van der Waals surface area (Å²) >= 11 is 7.09. The molecule has 2 heterocycles. The van der Waals surface area contributed by atoms with Crippen LogP contribution in [-0.4, -0.2) is 0 Å². The van der Waals surface area contributed by atoms with Crippen molar-refractivity contribution in [3.8, 4) is 11.5 Å². The molecular weight excluding hydrogens is 780 g/mol. The van der Waals surface area contributed by atoms with Gasteiger partial charge in [0.1, 0.15) is 23.0 Å². The van der Waals surface area contributed by atoms with Gasteiger partial charge in [0.2, 0.25) is 0 Å². The van der Waals surface area contributed by atoms with E-state index in [-0.39, 0.29) is 0 Å². The topological polar surface area (TPSA) is 18.5 Å². The molecule has 0 N–H and O–H groups in total. The maximum absolute atomic E-state index is 7.09. The zero-order valence-electron chi connectivity index (χ0n) is 43.4. The Balaban J connectivity index is -0.000000675. The highest BCUT2D eigenvalue weighted by Gasteiger charge is 2.45. The fourth-order valence-corrected chi connectivity index (χ4v) is 10.5. The van der Waals surface area contributed by atoms with E-state index in [2.05, 4.69) is 103 Å². The highest BCUT2D eigenvalue weighted by Crippen LogP contribution is 2.71. The summed E-state index contributed by atoms with van der Waals surface area (Å²) in [6, 6.07) is -0.651. The van der Waals surface area contributed by atoms with Crippen LogP contribution in [-0.2, 0) is 11.8 Å². The van der Waals surface area contributed by atoms with Crippen LogP contribution in [0.3, 0.4) is 0 Å². The summed E-state index contributed by atoms with van der Waals surface area (Å²) in [7, 11) is 0. The van der Waals surface area contributed by atoms with Crippen LogP contribution in [0.5, 0.6) is 11.5 Å². The molecule has 0 amide bonds. The molecule has 0 saturated carbocycles. The first kappa shape index (κ1) is 65.9. The van der Waals surface area contributed by atoms with E-state index < -0.39 is 6.04 Å². The average molecular weight is 871 g/mol. The number of hydrogen-bond donors (Lipinski definition) is 0. The molecule has 0 saturated heterocycles. The van der Waals surface area contributed by atoms with Crippen LogP contribution in [0.25, 0.3) is 11.1 Å². The Morgan fingerprint density at radius 3 is 1.49 bits per heavy atom. The lowest BCUT2D eigenvalue weighted by atomic mass is 9.95. The van der Waals surface area contributed by atoms with Crippen molar-refractivity contribution in [2.24, 2.45) is 0 Å². The highest BCUT2D eigenvalue weighted by atomic mass is 32.4. The van der Waals surface area contributed by atoms with Gasteiger partial charge in [-0.1, -0.05) is 215 Å². The van der Waals surface area contributed by atoms with E-state index in [0.29, 0.717) is 0 Å². The quantitative estimate of drug-likeness (QED) is 0.145. The second-order valence-electron chi connectivity index (χ2n) is 11.4. The Labute approximate surface area is 385 Å². The molecule has 0 aliphatic carbocycles. The van der Waals surface area contributed by atoms with Gasteiger partial charge in [0, 0.05) is 21.8 Å². The number of allylic oxidation sites excluding steroid dienone is 24. The summed E-state index contributed by atoms with van der Waals surface area (Å²) in [5.41, 5.74) is 7.93. The fraction of sp³-hybridized carbons (Fsp3) is 0.404. The monoisotopic (exact) mass is 871 g/mol. The SMILES string of the molecule is C=C/C=C\C(=C)/C(C)=C/C1=C(C)Oc2c(/C(C=C)=C/C)cc(C(/C=C\C)=C/C=C)c3c2P1(=S)C(/C=C(C)/C(C)=C/C=C\CC)=C(C)O3.CC.CC.CC.CC.CC.CC.CC. The van der Waals surface area contributed by atoms with Gasteiger partial charge in [-0.05, 0) is 107 Å². The Hall–Kier alpha value is -4.17. The van der Waals surface area contributed by atoms with E-state index in [1.807, 2.05) is 155 Å². The van der Waals surface area contributed by atoms with Crippen LogP contribution in [0, 0.1) is 0 Å². The molecule has 0 aromatic heterocycles. The van der Waals surface area contributed by atoms with Crippen molar-refractivity contribution in [2.45, 2.75) is 159 Å². The van der Waals surface area contributed by atoms with Gasteiger partial charge in [0.25, 0.3) is 0 Å². The lowest BCUT2D eigenvalue weighted by molar-refractivity contribution is 0.405. The molecule has 61 heavy (non-hydrogen) atoms. The molecule has 0 bridgehead atoms. The first-order valence-electron chi connectivity index (χ1n) is 23.0. The molecular formula is C57H91O2PS. The summed E-state index contributed by atoms with van der Waals surface area (Å²) in [4.78, 5) is 0. The Kier molecular flexibility index (Phi) is 43.2. The van der Waals surface area contributed by atoms with Crippen molar-refractivity contribution in [1.29, 1.82) is 0 Å². The summed E-state index contributed by atoms with van der Waals surface area (Å²) in [5, 5.41) is 2.89. The van der Waals surface area contributed by atoms with Crippen molar-refractivity contribution >= 4 is 34.3 Å². The molecule has 1 aromatic rings. The van der Waals surface area contributed by atoms with Gasteiger partial charge in [-0.2, -0.15) is 0 Å². The van der Waals surface area contributed by atoms with Gasteiger partial charge in [0.05, 0.1) is 11.3 Å². The number of benzene rings is 1. The van der Waals surface area contributed by atoms with Gasteiger partial charge >= 0.3 is 0 Å². The lowest BCUT2D eigenvalue weighted by Crippen LogP contribution is -2.27. The van der Waals surface area contributed by atoms with Crippen LogP contribution in [0.15, 0.2) is 162 Å². The van der Waals surface area contributed by atoms with Crippen LogP contribution < -0.4 is 14.8 Å². The number of ether oxygens (including phenoxy) is 2. The van der Waals surface area contributed by atoms with Gasteiger partial charge in [-0.3, -0.25) is 0 Å². The van der Waals surface area contributed by atoms with Crippen molar-refractivity contribution in [1.82, 2.24) is 0 Å². The van der Waals surface area contributed by atoms with Crippen LogP contribution in [0.2, 0.25) is 0 Å². The molecule has 4 heteroatoms. The largest absolute Gasteiger partial charge is 0.460 e. The minimum atomic E-state index is -2.78. The molecule has 1 unspecified atom stereocenters. The molecule has 2 aliphatic heterocycles. The second kappa shape index (κ2) is 39.9. The zero-order valence-corrected chi connectivity index (χ0v) is 45.1. The maximum Gasteiger partial charge on any atom is 0.147 e. The van der Waals surface area contributed by atoms with E-state index in [9.17, 15) is 0 Å². The van der Waals surface area contributed by atoms with Crippen LogP contribution in [0.4, 0.5) is 0 Å².